The van der Waals surface area contributed by atoms with Gasteiger partial charge in [0.2, 0.25) is 0 Å². The summed E-state index contributed by atoms with van der Waals surface area (Å²) in [6, 6.07) is 20.7. The SMILES string of the molecule is Cc1ccc([C@@H]2C(c3nc4ccccc4s3)=C(O)C(=O)N2c2ccccn2)cc1. The zero-order valence-corrected chi connectivity index (χ0v) is 16.4. The van der Waals surface area contributed by atoms with Crippen LogP contribution in [-0.2, 0) is 4.79 Å². The Hall–Kier alpha value is -3.51. The van der Waals surface area contributed by atoms with E-state index in [1.165, 1.54) is 11.3 Å². The molecule has 29 heavy (non-hydrogen) atoms. The van der Waals surface area contributed by atoms with Gasteiger partial charge in [-0.2, -0.15) is 0 Å². The zero-order chi connectivity index (χ0) is 20.0. The number of aliphatic hydroxyl groups is 1. The van der Waals surface area contributed by atoms with E-state index >= 15 is 0 Å². The molecule has 2 aromatic heterocycles. The third-order valence-corrected chi connectivity index (χ3v) is 6.09. The average molecular weight is 399 g/mol. The van der Waals surface area contributed by atoms with Crippen molar-refractivity contribution in [1.29, 1.82) is 0 Å². The summed E-state index contributed by atoms with van der Waals surface area (Å²) in [5, 5.41) is 11.5. The van der Waals surface area contributed by atoms with E-state index in [0.717, 1.165) is 21.3 Å². The maximum Gasteiger partial charge on any atom is 0.295 e. The number of fused-ring (bicyclic) bond motifs is 1. The molecule has 1 aliphatic heterocycles. The van der Waals surface area contributed by atoms with Gasteiger partial charge in [0.1, 0.15) is 10.8 Å². The van der Waals surface area contributed by atoms with Crippen molar-refractivity contribution < 1.29 is 9.90 Å². The fraction of sp³-hybridized carbons (Fsp3) is 0.0870. The molecule has 2 aromatic carbocycles. The molecule has 1 amide bonds. The molecule has 0 fully saturated rings. The predicted molar refractivity (Wildman–Crippen MR) is 115 cm³/mol. The van der Waals surface area contributed by atoms with Crippen LogP contribution < -0.4 is 4.90 Å². The number of aliphatic hydroxyl groups excluding tert-OH is 1. The number of carbonyl (C=O) groups excluding carboxylic acids is 1. The second kappa shape index (κ2) is 6.83. The van der Waals surface area contributed by atoms with E-state index in [1.54, 1.807) is 23.2 Å². The standard InChI is InChI=1S/C23H17N3O2S/c1-14-9-11-15(12-10-14)20-19(22-25-16-6-2-3-7-17(16)29-22)21(27)23(28)26(20)18-8-4-5-13-24-18/h2-13,20,27H,1H3/t20-/m1/s1. The largest absolute Gasteiger partial charge is 0.503 e. The van der Waals surface area contributed by atoms with Crippen LogP contribution in [0.5, 0.6) is 0 Å². The van der Waals surface area contributed by atoms with Crippen molar-refractivity contribution in [3.05, 3.63) is 94.8 Å². The highest BCUT2D eigenvalue weighted by Gasteiger charge is 2.43. The first kappa shape index (κ1) is 17.6. The van der Waals surface area contributed by atoms with Crippen LogP contribution in [0.2, 0.25) is 0 Å². The maximum atomic E-state index is 13.1. The van der Waals surface area contributed by atoms with Gasteiger partial charge in [-0.15, -0.1) is 11.3 Å². The maximum absolute atomic E-state index is 13.1. The highest BCUT2D eigenvalue weighted by atomic mass is 32.1. The Bertz CT molecular complexity index is 1210. The minimum absolute atomic E-state index is 0.278. The Morgan fingerprint density at radius 1 is 1.00 bits per heavy atom. The molecule has 0 aliphatic carbocycles. The summed E-state index contributed by atoms with van der Waals surface area (Å²) >= 11 is 1.47. The number of benzene rings is 2. The number of carbonyl (C=O) groups is 1. The first-order valence-corrected chi connectivity index (χ1v) is 10.1. The van der Waals surface area contributed by atoms with Crippen molar-refractivity contribution in [2.45, 2.75) is 13.0 Å². The Balaban J connectivity index is 1.72. The van der Waals surface area contributed by atoms with Gasteiger partial charge < -0.3 is 5.11 Å². The normalized spacial score (nSPS) is 16.8. The topological polar surface area (TPSA) is 66.3 Å². The molecule has 5 rings (SSSR count). The van der Waals surface area contributed by atoms with Crippen LogP contribution in [0.25, 0.3) is 15.8 Å². The molecule has 0 unspecified atom stereocenters. The van der Waals surface area contributed by atoms with E-state index in [9.17, 15) is 9.90 Å². The lowest BCUT2D eigenvalue weighted by molar-refractivity contribution is -0.117. The summed E-state index contributed by atoms with van der Waals surface area (Å²) in [6.07, 6.45) is 1.64. The van der Waals surface area contributed by atoms with Crippen molar-refractivity contribution in [2.75, 3.05) is 4.90 Å². The van der Waals surface area contributed by atoms with Crippen molar-refractivity contribution in [3.8, 4) is 0 Å². The van der Waals surface area contributed by atoms with Crippen LogP contribution in [0.1, 0.15) is 22.2 Å². The molecule has 1 N–H and O–H groups in total. The van der Waals surface area contributed by atoms with E-state index in [1.807, 2.05) is 61.5 Å². The second-order valence-corrected chi connectivity index (χ2v) is 7.96. The Morgan fingerprint density at radius 3 is 2.48 bits per heavy atom. The van der Waals surface area contributed by atoms with Crippen molar-refractivity contribution in [2.24, 2.45) is 0 Å². The Labute approximate surface area is 171 Å². The Morgan fingerprint density at radius 2 is 1.76 bits per heavy atom. The third-order valence-electron chi connectivity index (χ3n) is 5.02. The lowest BCUT2D eigenvalue weighted by atomic mass is 9.98. The minimum atomic E-state index is -0.501. The summed E-state index contributed by atoms with van der Waals surface area (Å²) in [5.41, 5.74) is 3.38. The average Bonchev–Trinajstić information content (AvgIpc) is 3.28. The van der Waals surface area contributed by atoms with Crippen LogP contribution >= 0.6 is 11.3 Å². The monoisotopic (exact) mass is 399 g/mol. The summed E-state index contributed by atoms with van der Waals surface area (Å²) in [4.78, 5) is 23.7. The van der Waals surface area contributed by atoms with Crippen molar-refractivity contribution in [1.82, 2.24) is 9.97 Å². The van der Waals surface area contributed by atoms with Crippen molar-refractivity contribution >= 4 is 38.9 Å². The number of hydrogen-bond donors (Lipinski definition) is 1. The smallest absolute Gasteiger partial charge is 0.295 e. The van der Waals surface area contributed by atoms with E-state index in [-0.39, 0.29) is 5.76 Å². The second-order valence-electron chi connectivity index (χ2n) is 6.93. The highest BCUT2D eigenvalue weighted by Crippen LogP contribution is 2.46. The first-order chi connectivity index (χ1) is 14.1. The van der Waals surface area contributed by atoms with E-state index in [4.69, 9.17) is 4.98 Å². The first-order valence-electron chi connectivity index (χ1n) is 9.24. The fourth-order valence-electron chi connectivity index (χ4n) is 3.61. The highest BCUT2D eigenvalue weighted by molar-refractivity contribution is 7.19. The van der Waals surface area contributed by atoms with E-state index < -0.39 is 11.9 Å². The third kappa shape index (κ3) is 2.89. The number of nitrogens with zero attached hydrogens (tertiary/aromatic N) is 3. The number of aromatic nitrogens is 2. The van der Waals surface area contributed by atoms with Gasteiger partial charge in [0.05, 0.1) is 21.8 Å². The molecular formula is C23H17N3O2S. The van der Waals surface area contributed by atoms with Crippen LogP contribution in [0.15, 0.2) is 78.7 Å². The zero-order valence-electron chi connectivity index (χ0n) is 15.6. The van der Waals surface area contributed by atoms with Crippen LogP contribution in [-0.4, -0.2) is 21.0 Å². The predicted octanol–water partition coefficient (Wildman–Crippen LogP) is 5.06. The number of hydrogen-bond acceptors (Lipinski definition) is 5. The molecule has 3 heterocycles. The van der Waals surface area contributed by atoms with Crippen LogP contribution in [0.3, 0.4) is 0 Å². The number of para-hydroxylation sites is 1. The summed E-state index contributed by atoms with van der Waals surface area (Å²) in [6.45, 7) is 2.02. The fourth-order valence-corrected chi connectivity index (χ4v) is 4.64. The molecule has 6 heteroatoms. The molecule has 0 spiro atoms. The van der Waals surface area contributed by atoms with Crippen molar-refractivity contribution in [3.63, 3.8) is 0 Å². The van der Waals surface area contributed by atoms with E-state index in [0.29, 0.717) is 16.4 Å². The summed E-state index contributed by atoms with van der Waals surface area (Å²) in [5.74, 6) is -0.255. The number of rotatable bonds is 3. The van der Waals surface area contributed by atoms with Crippen LogP contribution in [0.4, 0.5) is 5.82 Å². The number of amides is 1. The Kier molecular flexibility index (Phi) is 4.14. The van der Waals surface area contributed by atoms with Gasteiger partial charge >= 0.3 is 0 Å². The number of pyridine rings is 1. The molecule has 0 bridgehead atoms. The summed E-state index contributed by atoms with van der Waals surface area (Å²) in [7, 11) is 0. The molecule has 1 aliphatic rings. The van der Waals surface area contributed by atoms with E-state index in [2.05, 4.69) is 4.98 Å². The molecular weight excluding hydrogens is 382 g/mol. The molecule has 0 radical (unpaired) electrons. The molecule has 5 nitrogen and oxygen atoms in total. The van der Waals surface area contributed by atoms with Crippen LogP contribution in [0, 0.1) is 6.92 Å². The number of thiazole rings is 1. The quantitative estimate of drug-likeness (QED) is 0.523. The van der Waals surface area contributed by atoms with Gasteiger partial charge in [-0.3, -0.25) is 9.69 Å². The number of aryl methyl sites for hydroxylation is 1. The van der Waals surface area contributed by atoms with Gasteiger partial charge in [0, 0.05) is 6.20 Å². The molecule has 4 aromatic rings. The molecule has 0 saturated heterocycles. The van der Waals surface area contributed by atoms with Gasteiger partial charge in [-0.25, -0.2) is 9.97 Å². The summed E-state index contributed by atoms with van der Waals surface area (Å²) < 4.78 is 1.01. The van der Waals surface area contributed by atoms with Gasteiger partial charge in [0.25, 0.3) is 5.91 Å². The van der Waals surface area contributed by atoms with Gasteiger partial charge in [-0.1, -0.05) is 48.0 Å². The lowest BCUT2D eigenvalue weighted by Crippen LogP contribution is -2.30. The van der Waals surface area contributed by atoms with Gasteiger partial charge in [-0.05, 0) is 36.8 Å². The lowest BCUT2D eigenvalue weighted by Gasteiger charge is -2.25. The van der Waals surface area contributed by atoms with Gasteiger partial charge in [0.15, 0.2) is 5.76 Å². The minimum Gasteiger partial charge on any atom is -0.503 e. The molecule has 1 atom stereocenters. The molecule has 0 saturated carbocycles. The number of anilines is 1. The molecule has 142 valence electrons.